The normalized spacial score (nSPS) is 14.7. The summed E-state index contributed by atoms with van der Waals surface area (Å²) < 4.78 is 13.4. The van der Waals surface area contributed by atoms with Crippen LogP contribution in [0.1, 0.15) is 17.3 Å². The van der Waals surface area contributed by atoms with Gasteiger partial charge in [-0.3, -0.25) is 9.59 Å². The molecule has 15 heavy (non-hydrogen) atoms. The van der Waals surface area contributed by atoms with Crippen molar-refractivity contribution < 1.29 is 14.0 Å². The number of fused-ring (bicyclic) bond motifs is 1. The van der Waals surface area contributed by atoms with Gasteiger partial charge >= 0.3 is 0 Å². The predicted octanol–water partition coefficient (Wildman–Crippen LogP) is 2.14. The van der Waals surface area contributed by atoms with Crippen LogP contribution < -0.4 is 4.90 Å². The highest BCUT2D eigenvalue weighted by atomic mass is 79.9. The summed E-state index contributed by atoms with van der Waals surface area (Å²) in [5.41, 5.74) is 0.614. The van der Waals surface area contributed by atoms with E-state index in [-0.39, 0.29) is 10.0 Å². The fraction of sp³-hybridized carbons (Fsp3) is 0.200. The van der Waals surface area contributed by atoms with Gasteiger partial charge < -0.3 is 4.90 Å². The quantitative estimate of drug-likeness (QED) is 0.734. The first-order valence-electron chi connectivity index (χ1n) is 4.41. The van der Waals surface area contributed by atoms with E-state index in [9.17, 15) is 14.0 Å². The van der Waals surface area contributed by atoms with E-state index in [1.165, 1.54) is 17.0 Å². The second kappa shape index (κ2) is 3.41. The van der Waals surface area contributed by atoms with Gasteiger partial charge in [0.2, 0.25) is 0 Å². The number of hydrogen-bond donors (Lipinski definition) is 0. The monoisotopic (exact) mass is 271 g/mol. The van der Waals surface area contributed by atoms with Crippen LogP contribution in [0.5, 0.6) is 0 Å². The lowest BCUT2D eigenvalue weighted by atomic mass is 10.1. The van der Waals surface area contributed by atoms with Gasteiger partial charge in [-0.05, 0) is 35.0 Å². The maximum Gasteiger partial charge on any atom is 0.299 e. The molecule has 0 saturated carbocycles. The number of ketones is 1. The molecule has 0 aliphatic carbocycles. The van der Waals surface area contributed by atoms with Crippen molar-refractivity contribution >= 4 is 33.3 Å². The average Bonchev–Trinajstić information content (AvgIpc) is 2.42. The molecule has 1 heterocycles. The second-order valence-electron chi connectivity index (χ2n) is 3.16. The van der Waals surface area contributed by atoms with Gasteiger partial charge in [0.15, 0.2) is 0 Å². The van der Waals surface area contributed by atoms with Crippen molar-refractivity contribution in [2.24, 2.45) is 0 Å². The van der Waals surface area contributed by atoms with Crippen LogP contribution in [0, 0.1) is 5.82 Å². The predicted molar refractivity (Wildman–Crippen MR) is 56.5 cm³/mol. The summed E-state index contributed by atoms with van der Waals surface area (Å²) in [5, 5.41) is 0. The van der Waals surface area contributed by atoms with Gasteiger partial charge in [0.1, 0.15) is 5.82 Å². The van der Waals surface area contributed by atoms with Gasteiger partial charge in [-0.25, -0.2) is 4.39 Å². The Morgan fingerprint density at radius 2 is 2.07 bits per heavy atom. The molecule has 5 heteroatoms. The van der Waals surface area contributed by atoms with Gasteiger partial charge in [-0.2, -0.15) is 0 Å². The van der Waals surface area contributed by atoms with Crippen LogP contribution in [0.2, 0.25) is 0 Å². The van der Waals surface area contributed by atoms with Crippen LogP contribution in [0.25, 0.3) is 0 Å². The minimum atomic E-state index is -0.593. The molecule has 0 spiro atoms. The average molecular weight is 272 g/mol. The number of carbonyl (C=O) groups excluding carboxylic acids is 2. The maximum absolute atomic E-state index is 13.2. The first-order valence-corrected chi connectivity index (χ1v) is 5.20. The number of nitrogens with zero attached hydrogens (tertiary/aromatic N) is 1. The van der Waals surface area contributed by atoms with Gasteiger partial charge in [0, 0.05) is 6.54 Å². The molecule has 0 unspecified atom stereocenters. The lowest BCUT2D eigenvalue weighted by molar-refractivity contribution is -0.114. The molecule has 1 amide bonds. The number of halogens is 2. The smallest absolute Gasteiger partial charge is 0.299 e. The van der Waals surface area contributed by atoms with Gasteiger partial charge in [0.05, 0.1) is 15.7 Å². The highest BCUT2D eigenvalue weighted by molar-refractivity contribution is 9.10. The van der Waals surface area contributed by atoms with Crippen molar-refractivity contribution in [3.05, 3.63) is 28.0 Å². The van der Waals surface area contributed by atoms with E-state index in [0.29, 0.717) is 12.2 Å². The Morgan fingerprint density at radius 1 is 1.40 bits per heavy atom. The van der Waals surface area contributed by atoms with Crippen molar-refractivity contribution in [3.8, 4) is 0 Å². The fourth-order valence-corrected chi connectivity index (χ4v) is 1.95. The first kappa shape index (κ1) is 10.3. The van der Waals surface area contributed by atoms with Crippen LogP contribution >= 0.6 is 15.9 Å². The number of rotatable bonds is 1. The number of benzene rings is 1. The zero-order valence-electron chi connectivity index (χ0n) is 7.88. The summed E-state index contributed by atoms with van der Waals surface area (Å²) in [4.78, 5) is 24.2. The molecule has 2 rings (SSSR count). The van der Waals surface area contributed by atoms with E-state index >= 15 is 0 Å². The maximum atomic E-state index is 13.2. The molecule has 1 aromatic rings. The molecule has 78 valence electrons. The standard InChI is InChI=1S/C10H7BrFNO2/c1-2-13-8-4-7(12)6(11)3-5(8)9(14)10(13)15/h3-4H,2H2,1H3. The molecular formula is C10H7BrFNO2. The molecule has 0 fully saturated rings. The molecule has 0 bridgehead atoms. The van der Waals surface area contributed by atoms with Crippen LogP contribution in [-0.2, 0) is 4.79 Å². The van der Waals surface area contributed by atoms with E-state index in [1.807, 2.05) is 0 Å². The van der Waals surface area contributed by atoms with Crippen LogP contribution in [0.3, 0.4) is 0 Å². The number of Topliss-reactive ketones (excluding diaryl/α,β-unsaturated/α-hetero) is 1. The highest BCUT2D eigenvalue weighted by Crippen LogP contribution is 2.32. The summed E-state index contributed by atoms with van der Waals surface area (Å²) in [6, 6.07) is 2.55. The van der Waals surface area contributed by atoms with Gasteiger partial charge in [-0.15, -0.1) is 0 Å². The summed E-state index contributed by atoms with van der Waals surface area (Å²) >= 11 is 2.98. The molecule has 1 aliphatic heterocycles. The molecule has 0 aromatic heterocycles. The Labute approximate surface area is 94.0 Å². The summed E-state index contributed by atoms with van der Waals surface area (Å²) in [6.07, 6.45) is 0. The number of anilines is 1. The summed E-state index contributed by atoms with van der Waals surface area (Å²) in [7, 11) is 0. The Balaban J connectivity index is 2.66. The van der Waals surface area contributed by atoms with Crippen LogP contribution in [0.4, 0.5) is 10.1 Å². The molecule has 1 aromatic carbocycles. The van der Waals surface area contributed by atoms with Crippen molar-refractivity contribution in [1.29, 1.82) is 0 Å². The third kappa shape index (κ3) is 1.38. The van der Waals surface area contributed by atoms with Crippen molar-refractivity contribution in [2.75, 3.05) is 11.4 Å². The van der Waals surface area contributed by atoms with E-state index in [4.69, 9.17) is 0 Å². The Kier molecular flexibility index (Phi) is 2.34. The zero-order chi connectivity index (χ0) is 11.2. The number of likely N-dealkylation sites (N-methyl/N-ethyl adjacent to an activating group) is 1. The molecule has 0 atom stereocenters. The minimum absolute atomic E-state index is 0.195. The Bertz CT molecular complexity index is 473. The van der Waals surface area contributed by atoms with E-state index < -0.39 is 17.5 Å². The first-order chi connectivity index (χ1) is 7.06. The SMILES string of the molecule is CCN1C(=O)C(=O)c2cc(Br)c(F)cc21. The van der Waals surface area contributed by atoms with Crippen LogP contribution in [0.15, 0.2) is 16.6 Å². The van der Waals surface area contributed by atoms with Gasteiger partial charge in [-0.1, -0.05) is 0 Å². The van der Waals surface area contributed by atoms with Crippen molar-refractivity contribution in [2.45, 2.75) is 6.92 Å². The largest absolute Gasteiger partial charge is 0.305 e. The van der Waals surface area contributed by atoms with Crippen molar-refractivity contribution in [3.63, 3.8) is 0 Å². The van der Waals surface area contributed by atoms with E-state index in [2.05, 4.69) is 15.9 Å². The van der Waals surface area contributed by atoms with Gasteiger partial charge in [0.25, 0.3) is 11.7 Å². The number of carbonyl (C=O) groups is 2. The zero-order valence-corrected chi connectivity index (χ0v) is 9.47. The topological polar surface area (TPSA) is 37.4 Å². The number of hydrogen-bond acceptors (Lipinski definition) is 2. The number of amides is 1. The molecule has 3 nitrogen and oxygen atoms in total. The lowest BCUT2D eigenvalue weighted by Gasteiger charge is -2.13. The molecule has 0 N–H and O–H groups in total. The third-order valence-electron chi connectivity index (χ3n) is 2.33. The van der Waals surface area contributed by atoms with E-state index in [0.717, 1.165) is 0 Å². The summed E-state index contributed by atoms with van der Waals surface area (Å²) in [6.45, 7) is 2.10. The second-order valence-corrected chi connectivity index (χ2v) is 4.02. The minimum Gasteiger partial charge on any atom is -0.305 e. The third-order valence-corrected chi connectivity index (χ3v) is 2.94. The highest BCUT2D eigenvalue weighted by Gasteiger charge is 2.35. The molecule has 0 saturated heterocycles. The van der Waals surface area contributed by atoms with E-state index in [1.54, 1.807) is 6.92 Å². The van der Waals surface area contributed by atoms with Crippen LogP contribution in [-0.4, -0.2) is 18.2 Å². The molecule has 1 aliphatic rings. The molecule has 0 radical (unpaired) electrons. The Hall–Kier alpha value is -1.23. The molecular weight excluding hydrogens is 265 g/mol. The van der Waals surface area contributed by atoms with Crippen molar-refractivity contribution in [1.82, 2.24) is 0 Å². The lowest BCUT2D eigenvalue weighted by Crippen LogP contribution is -2.29. The fourth-order valence-electron chi connectivity index (χ4n) is 1.60. The summed E-state index contributed by atoms with van der Waals surface area (Å²) in [5.74, 6) is -1.65. The Morgan fingerprint density at radius 3 is 2.67 bits per heavy atom.